The summed E-state index contributed by atoms with van der Waals surface area (Å²) in [5.74, 6) is -1.25. The van der Waals surface area contributed by atoms with Crippen LogP contribution in [0.15, 0.2) is 30.2 Å². The second-order valence-corrected chi connectivity index (χ2v) is 3.34. The van der Waals surface area contributed by atoms with Crippen molar-refractivity contribution in [1.82, 2.24) is 15.4 Å². The first-order valence-corrected chi connectivity index (χ1v) is 6.02. The average Bonchev–Trinajstić information content (AvgIpc) is 2.45. The molecule has 0 amide bonds. The van der Waals surface area contributed by atoms with Gasteiger partial charge in [-0.3, -0.25) is 5.43 Å². The molecule has 8 nitrogen and oxygen atoms in total. The first-order valence-electron chi connectivity index (χ1n) is 6.02. The van der Waals surface area contributed by atoms with Crippen LogP contribution in [0.4, 0.5) is 5.95 Å². The number of carbonyl (C=O) groups excluding carboxylic acids is 2. The number of nitrogens with zero attached hydrogens (tertiary/aromatic N) is 2. The van der Waals surface area contributed by atoms with Crippen molar-refractivity contribution < 1.29 is 19.1 Å². The van der Waals surface area contributed by atoms with Gasteiger partial charge in [0.05, 0.1) is 13.2 Å². The molecule has 20 heavy (non-hydrogen) atoms. The highest BCUT2D eigenvalue weighted by Crippen LogP contribution is 2.01. The van der Waals surface area contributed by atoms with Gasteiger partial charge in [-0.1, -0.05) is 0 Å². The van der Waals surface area contributed by atoms with Crippen LogP contribution in [0.3, 0.4) is 0 Å². The zero-order chi connectivity index (χ0) is 14.8. The number of aromatic nitrogens is 2. The molecule has 2 N–H and O–H groups in total. The topological polar surface area (TPSA) is 102 Å². The van der Waals surface area contributed by atoms with Crippen LogP contribution >= 0.6 is 0 Å². The second-order valence-electron chi connectivity index (χ2n) is 3.34. The number of hydrogen-bond donors (Lipinski definition) is 2. The third-order valence-corrected chi connectivity index (χ3v) is 1.96. The molecule has 0 aliphatic carbocycles. The monoisotopic (exact) mass is 280 g/mol. The van der Waals surface area contributed by atoms with Crippen LogP contribution in [0.25, 0.3) is 0 Å². The molecule has 0 unspecified atom stereocenters. The summed E-state index contributed by atoms with van der Waals surface area (Å²) in [6, 6.07) is 1.66. The first kappa shape index (κ1) is 15.4. The van der Waals surface area contributed by atoms with Crippen LogP contribution in [0.2, 0.25) is 0 Å². The molecule has 1 aromatic heterocycles. The SMILES string of the molecule is CCOC(=O)C(=CNNc1ncccn1)C(=O)OCC. The Kier molecular flexibility index (Phi) is 6.52. The van der Waals surface area contributed by atoms with Crippen LogP contribution in [-0.4, -0.2) is 35.1 Å². The van der Waals surface area contributed by atoms with Crippen molar-refractivity contribution in [3.8, 4) is 0 Å². The molecule has 0 fully saturated rings. The molecule has 0 radical (unpaired) electrons. The molecule has 0 spiro atoms. The van der Waals surface area contributed by atoms with E-state index < -0.39 is 11.9 Å². The summed E-state index contributed by atoms with van der Waals surface area (Å²) in [6.45, 7) is 3.60. The Labute approximate surface area is 116 Å². The van der Waals surface area contributed by atoms with Crippen molar-refractivity contribution in [2.45, 2.75) is 13.8 Å². The predicted octanol–water partition coefficient (Wildman–Crippen LogP) is 0.403. The van der Waals surface area contributed by atoms with E-state index >= 15 is 0 Å². The molecular weight excluding hydrogens is 264 g/mol. The predicted molar refractivity (Wildman–Crippen MR) is 70.1 cm³/mol. The van der Waals surface area contributed by atoms with Crippen molar-refractivity contribution in [3.63, 3.8) is 0 Å². The lowest BCUT2D eigenvalue weighted by molar-refractivity contribution is -0.146. The smallest absolute Gasteiger partial charge is 0.347 e. The van der Waals surface area contributed by atoms with Gasteiger partial charge in [0.2, 0.25) is 5.95 Å². The molecule has 8 heteroatoms. The first-order chi connectivity index (χ1) is 9.69. The van der Waals surface area contributed by atoms with E-state index in [1.165, 1.54) is 0 Å². The number of carbonyl (C=O) groups is 2. The van der Waals surface area contributed by atoms with E-state index in [0.717, 1.165) is 6.20 Å². The minimum atomic E-state index is -0.769. The molecule has 0 atom stereocenters. The van der Waals surface area contributed by atoms with Gasteiger partial charge < -0.3 is 14.9 Å². The largest absolute Gasteiger partial charge is 0.462 e. The van der Waals surface area contributed by atoms with E-state index in [1.807, 2.05) is 0 Å². The summed E-state index contributed by atoms with van der Waals surface area (Å²) < 4.78 is 9.53. The number of anilines is 1. The van der Waals surface area contributed by atoms with Crippen molar-refractivity contribution in [1.29, 1.82) is 0 Å². The standard InChI is InChI=1S/C12H16N4O4/c1-3-19-10(17)9(11(18)20-4-2)8-15-16-12-13-6-5-7-14-12/h5-8,15H,3-4H2,1-2H3,(H,13,14,16). The molecule has 0 bridgehead atoms. The molecule has 0 aliphatic heterocycles. The normalized spacial score (nSPS) is 9.30. The summed E-state index contributed by atoms with van der Waals surface area (Å²) >= 11 is 0. The van der Waals surface area contributed by atoms with Crippen LogP contribution in [-0.2, 0) is 19.1 Å². The number of ether oxygens (including phenoxy) is 2. The van der Waals surface area contributed by atoms with E-state index in [-0.39, 0.29) is 24.7 Å². The molecule has 1 heterocycles. The van der Waals surface area contributed by atoms with Crippen LogP contribution < -0.4 is 10.9 Å². The Hall–Kier alpha value is -2.64. The number of hydrazine groups is 1. The summed E-state index contributed by atoms with van der Waals surface area (Å²) in [6.07, 6.45) is 4.23. The third-order valence-electron chi connectivity index (χ3n) is 1.96. The Morgan fingerprint density at radius 2 is 1.70 bits per heavy atom. The van der Waals surface area contributed by atoms with E-state index in [2.05, 4.69) is 20.8 Å². The quantitative estimate of drug-likeness (QED) is 0.243. The lowest BCUT2D eigenvalue weighted by Gasteiger charge is -2.08. The van der Waals surface area contributed by atoms with Crippen molar-refractivity contribution >= 4 is 17.9 Å². The Balaban J connectivity index is 2.69. The van der Waals surface area contributed by atoms with Gasteiger partial charge in [0, 0.05) is 18.6 Å². The van der Waals surface area contributed by atoms with Crippen LogP contribution in [0.5, 0.6) is 0 Å². The number of hydrogen-bond acceptors (Lipinski definition) is 8. The van der Waals surface area contributed by atoms with Gasteiger partial charge in [0.1, 0.15) is 0 Å². The molecule has 108 valence electrons. The van der Waals surface area contributed by atoms with E-state index in [9.17, 15) is 9.59 Å². The molecule has 0 aromatic carbocycles. The molecule has 0 saturated carbocycles. The maximum atomic E-state index is 11.6. The van der Waals surface area contributed by atoms with Crippen molar-refractivity contribution in [2.24, 2.45) is 0 Å². The zero-order valence-electron chi connectivity index (χ0n) is 11.3. The van der Waals surface area contributed by atoms with E-state index in [1.54, 1.807) is 32.3 Å². The summed E-state index contributed by atoms with van der Waals surface area (Å²) in [7, 11) is 0. The zero-order valence-corrected chi connectivity index (χ0v) is 11.3. The van der Waals surface area contributed by atoms with E-state index in [4.69, 9.17) is 9.47 Å². The maximum absolute atomic E-state index is 11.6. The van der Waals surface area contributed by atoms with Gasteiger partial charge in [-0.05, 0) is 19.9 Å². The number of esters is 2. The summed E-state index contributed by atoms with van der Waals surface area (Å²) in [4.78, 5) is 31.0. The van der Waals surface area contributed by atoms with Gasteiger partial charge in [-0.15, -0.1) is 0 Å². The molecule has 0 aliphatic rings. The lowest BCUT2D eigenvalue weighted by atomic mass is 10.3. The average molecular weight is 280 g/mol. The molecule has 1 rings (SSSR count). The Bertz CT molecular complexity index is 456. The number of rotatable bonds is 7. The molecule has 0 saturated heterocycles. The summed E-state index contributed by atoms with van der Waals surface area (Å²) in [5, 5.41) is 0. The van der Waals surface area contributed by atoms with E-state index in [0.29, 0.717) is 0 Å². The van der Waals surface area contributed by atoms with Crippen molar-refractivity contribution in [3.05, 3.63) is 30.2 Å². The van der Waals surface area contributed by atoms with Gasteiger partial charge in [-0.2, -0.15) is 0 Å². The van der Waals surface area contributed by atoms with Crippen LogP contribution in [0, 0.1) is 0 Å². The minimum Gasteiger partial charge on any atom is -0.462 e. The summed E-state index contributed by atoms with van der Waals surface area (Å²) in [5.41, 5.74) is 4.89. The fraction of sp³-hybridized carbons (Fsp3) is 0.333. The van der Waals surface area contributed by atoms with Gasteiger partial charge in [0.15, 0.2) is 5.57 Å². The highest BCUT2D eigenvalue weighted by molar-refractivity contribution is 6.13. The van der Waals surface area contributed by atoms with Crippen molar-refractivity contribution in [2.75, 3.05) is 18.6 Å². The Morgan fingerprint density at radius 1 is 1.15 bits per heavy atom. The van der Waals surface area contributed by atoms with Gasteiger partial charge in [-0.25, -0.2) is 19.6 Å². The maximum Gasteiger partial charge on any atom is 0.347 e. The number of nitrogens with one attached hydrogen (secondary N) is 2. The lowest BCUT2D eigenvalue weighted by Crippen LogP contribution is -2.24. The third kappa shape index (κ3) is 4.92. The molecule has 1 aromatic rings. The van der Waals surface area contributed by atoms with Gasteiger partial charge >= 0.3 is 11.9 Å². The van der Waals surface area contributed by atoms with Gasteiger partial charge in [0.25, 0.3) is 0 Å². The fourth-order valence-electron chi connectivity index (χ4n) is 1.16. The highest BCUT2D eigenvalue weighted by Gasteiger charge is 2.20. The van der Waals surface area contributed by atoms with Crippen LogP contribution in [0.1, 0.15) is 13.8 Å². The Morgan fingerprint density at radius 3 is 2.20 bits per heavy atom. The minimum absolute atomic E-state index is 0.158. The molecular formula is C12H16N4O4. The fourth-order valence-corrected chi connectivity index (χ4v) is 1.16. The highest BCUT2D eigenvalue weighted by atomic mass is 16.6. The second kappa shape index (κ2) is 8.46.